The third-order valence-corrected chi connectivity index (χ3v) is 5.24. The lowest BCUT2D eigenvalue weighted by Crippen LogP contribution is -2.22. The highest BCUT2D eigenvalue weighted by atomic mass is 35.5. The molecule has 1 N–H and O–H groups in total. The van der Waals surface area contributed by atoms with Gasteiger partial charge in [-0.25, -0.2) is 4.68 Å². The molecule has 0 atom stereocenters. The monoisotopic (exact) mass is 425 g/mol. The topological polar surface area (TPSA) is 73.2 Å². The maximum absolute atomic E-state index is 12.4. The number of methoxy groups -OCH3 is 1. The molecule has 1 amide bonds. The quantitative estimate of drug-likeness (QED) is 0.576. The number of nitrogens with zero attached hydrogens (tertiary/aromatic N) is 2. The molecule has 3 aromatic rings. The second kappa shape index (κ2) is 9.59. The van der Waals surface area contributed by atoms with Gasteiger partial charge in [-0.1, -0.05) is 23.7 Å². The van der Waals surface area contributed by atoms with Crippen LogP contribution in [0.15, 0.2) is 48.5 Å². The van der Waals surface area contributed by atoms with E-state index in [9.17, 15) is 9.59 Å². The summed E-state index contributed by atoms with van der Waals surface area (Å²) < 4.78 is 6.55. The number of benzene rings is 2. The second-order valence-electron chi connectivity index (χ2n) is 6.99. The Bertz CT molecular complexity index is 1040. The fraction of sp³-hybridized carbons (Fsp3) is 0.261. The van der Waals surface area contributed by atoms with Gasteiger partial charge in [0.15, 0.2) is 0 Å². The Morgan fingerprint density at radius 3 is 2.37 bits per heavy atom. The third-order valence-electron chi connectivity index (χ3n) is 4.99. The van der Waals surface area contributed by atoms with Crippen LogP contribution in [0.3, 0.4) is 0 Å². The third kappa shape index (κ3) is 5.07. The normalized spacial score (nSPS) is 10.7. The van der Waals surface area contributed by atoms with Crippen molar-refractivity contribution < 1.29 is 14.3 Å². The van der Waals surface area contributed by atoms with Gasteiger partial charge in [-0.2, -0.15) is 5.10 Å². The zero-order valence-electron chi connectivity index (χ0n) is 17.2. The molecule has 0 unspecified atom stereocenters. The summed E-state index contributed by atoms with van der Waals surface area (Å²) in [5.41, 5.74) is 5.28. The first-order valence-electron chi connectivity index (χ1n) is 9.64. The number of ether oxygens (including phenoxy) is 1. The number of aryl methyl sites for hydroxylation is 1. The van der Waals surface area contributed by atoms with Crippen LogP contribution in [0.2, 0.25) is 5.02 Å². The van der Waals surface area contributed by atoms with Crippen LogP contribution in [-0.2, 0) is 22.5 Å². The van der Waals surface area contributed by atoms with Crippen molar-refractivity contribution in [2.45, 2.75) is 33.2 Å². The summed E-state index contributed by atoms with van der Waals surface area (Å²) in [6, 6.07) is 14.6. The summed E-state index contributed by atoms with van der Waals surface area (Å²) in [4.78, 5) is 23.9. The molecule has 0 saturated carbocycles. The molecule has 3 rings (SSSR count). The van der Waals surface area contributed by atoms with Gasteiger partial charge in [0.25, 0.3) is 5.91 Å². The summed E-state index contributed by atoms with van der Waals surface area (Å²) in [5, 5.41) is 8.16. The van der Waals surface area contributed by atoms with Gasteiger partial charge in [0.1, 0.15) is 0 Å². The van der Waals surface area contributed by atoms with Crippen LogP contribution in [0, 0.1) is 13.8 Å². The Labute approximate surface area is 180 Å². The number of esters is 1. The largest absolute Gasteiger partial charge is 0.469 e. The van der Waals surface area contributed by atoms with Crippen LogP contribution >= 0.6 is 11.6 Å². The van der Waals surface area contributed by atoms with E-state index >= 15 is 0 Å². The van der Waals surface area contributed by atoms with Gasteiger partial charge in [0, 0.05) is 29.2 Å². The molecule has 2 aromatic carbocycles. The Kier molecular flexibility index (Phi) is 6.90. The highest BCUT2D eigenvalue weighted by Crippen LogP contribution is 2.20. The predicted molar refractivity (Wildman–Crippen MR) is 116 cm³/mol. The van der Waals surface area contributed by atoms with Crippen molar-refractivity contribution in [3.63, 3.8) is 0 Å². The molecule has 0 saturated heterocycles. The van der Waals surface area contributed by atoms with Crippen molar-refractivity contribution in [3.8, 4) is 5.69 Å². The molecule has 1 aromatic heterocycles. The minimum atomic E-state index is -0.240. The number of hydrogen-bond donors (Lipinski definition) is 1. The van der Waals surface area contributed by atoms with Crippen molar-refractivity contribution in [2.75, 3.05) is 7.11 Å². The molecule has 0 radical (unpaired) electrons. The van der Waals surface area contributed by atoms with Gasteiger partial charge >= 0.3 is 5.97 Å². The highest BCUT2D eigenvalue weighted by molar-refractivity contribution is 6.30. The molecule has 0 fully saturated rings. The maximum Gasteiger partial charge on any atom is 0.305 e. The summed E-state index contributed by atoms with van der Waals surface area (Å²) >= 11 is 5.88. The number of carbonyl (C=O) groups is 2. The van der Waals surface area contributed by atoms with Crippen LogP contribution in [0.5, 0.6) is 0 Å². The molecule has 1 heterocycles. The smallest absolute Gasteiger partial charge is 0.305 e. The van der Waals surface area contributed by atoms with E-state index in [1.165, 1.54) is 7.11 Å². The van der Waals surface area contributed by atoms with E-state index in [1.54, 1.807) is 24.3 Å². The Morgan fingerprint density at radius 1 is 1.07 bits per heavy atom. The number of carbonyl (C=O) groups excluding carboxylic acids is 2. The first kappa shape index (κ1) is 21.6. The van der Waals surface area contributed by atoms with Gasteiger partial charge in [-0.15, -0.1) is 0 Å². The van der Waals surface area contributed by atoms with Crippen molar-refractivity contribution in [1.29, 1.82) is 0 Å². The van der Waals surface area contributed by atoms with E-state index in [0.29, 0.717) is 30.0 Å². The molecular weight excluding hydrogens is 402 g/mol. The zero-order valence-corrected chi connectivity index (χ0v) is 18.0. The highest BCUT2D eigenvalue weighted by Gasteiger charge is 2.15. The molecule has 6 nitrogen and oxygen atoms in total. The molecule has 0 aliphatic rings. The zero-order chi connectivity index (χ0) is 21.7. The standard InChI is InChI=1S/C23H24ClN3O3/c1-15-21(12-13-22(28)30-3)16(2)27(26-15)20-10-6-18(7-11-20)23(29)25-14-17-4-8-19(24)9-5-17/h4-11H,12-14H2,1-3H3,(H,25,29). The van der Waals surface area contributed by atoms with Crippen LogP contribution in [0.1, 0.15) is 39.3 Å². The average molecular weight is 426 g/mol. The van der Waals surface area contributed by atoms with E-state index in [-0.39, 0.29) is 11.9 Å². The maximum atomic E-state index is 12.4. The first-order valence-corrected chi connectivity index (χ1v) is 10.0. The van der Waals surface area contributed by atoms with Gasteiger partial charge in [0.05, 0.1) is 18.5 Å². The predicted octanol–water partition coefficient (Wildman–Crippen LogP) is 4.18. The fourth-order valence-electron chi connectivity index (χ4n) is 3.26. The molecule has 0 bridgehead atoms. The second-order valence-corrected chi connectivity index (χ2v) is 7.43. The summed E-state index contributed by atoms with van der Waals surface area (Å²) in [6.07, 6.45) is 0.895. The van der Waals surface area contributed by atoms with E-state index in [2.05, 4.69) is 10.4 Å². The van der Waals surface area contributed by atoms with Crippen LogP contribution in [0.4, 0.5) is 0 Å². The van der Waals surface area contributed by atoms with Crippen LogP contribution in [-0.4, -0.2) is 28.8 Å². The molecule has 0 aliphatic carbocycles. The number of hydrogen-bond acceptors (Lipinski definition) is 4. The molecule has 30 heavy (non-hydrogen) atoms. The van der Waals surface area contributed by atoms with Crippen molar-refractivity contribution in [1.82, 2.24) is 15.1 Å². The summed E-state index contributed by atoms with van der Waals surface area (Å²) in [7, 11) is 1.39. The van der Waals surface area contributed by atoms with Crippen LogP contribution < -0.4 is 5.32 Å². The van der Waals surface area contributed by atoms with E-state index in [4.69, 9.17) is 16.3 Å². The van der Waals surface area contributed by atoms with Gasteiger partial charge in [-0.05, 0) is 67.8 Å². The summed E-state index contributed by atoms with van der Waals surface area (Å²) in [5.74, 6) is -0.390. The lowest BCUT2D eigenvalue weighted by molar-refractivity contribution is -0.140. The average Bonchev–Trinajstić information content (AvgIpc) is 3.04. The number of rotatable bonds is 7. The van der Waals surface area contributed by atoms with Crippen LogP contribution in [0.25, 0.3) is 5.69 Å². The molecule has 7 heteroatoms. The number of halogens is 1. The Hall–Kier alpha value is -3.12. The lowest BCUT2D eigenvalue weighted by atomic mass is 10.1. The van der Waals surface area contributed by atoms with Gasteiger partial charge < -0.3 is 10.1 Å². The van der Waals surface area contributed by atoms with Gasteiger partial charge in [0.2, 0.25) is 0 Å². The number of aromatic nitrogens is 2. The molecule has 156 valence electrons. The van der Waals surface area contributed by atoms with Crippen molar-refractivity contribution in [3.05, 3.63) is 81.6 Å². The SMILES string of the molecule is COC(=O)CCc1c(C)nn(-c2ccc(C(=O)NCc3ccc(Cl)cc3)cc2)c1C. The fourth-order valence-corrected chi connectivity index (χ4v) is 3.38. The lowest BCUT2D eigenvalue weighted by Gasteiger charge is -2.08. The molecule has 0 aliphatic heterocycles. The Morgan fingerprint density at radius 2 is 1.73 bits per heavy atom. The van der Waals surface area contributed by atoms with E-state index in [1.807, 2.05) is 42.8 Å². The summed E-state index contributed by atoms with van der Waals surface area (Å²) in [6.45, 7) is 4.33. The van der Waals surface area contributed by atoms with E-state index < -0.39 is 0 Å². The molecule has 0 spiro atoms. The molecular formula is C23H24ClN3O3. The minimum Gasteiger partial charge on any atom is -0.469 e. The number of nitrogens with one attached hydrogen (secondary N) is 1. The van der Waals surface area contributed by atoms with Gasteiger partial charge in [-0.3, -0.25) is 9.59 Å². The van der Waals surface area contributed by atoms with Crippen molar-refractivity contribution >= 4 is 23.5 Å². The first-order chi connectivity index (χ1) is 14.4. The van der Waals surface area contributed by atoms with Crippen molar-refractivity contribution in [2.24, 2.45) is 0 Å². The van der Waals surface area contributed by atoms with E-state index in [0.717, 1.165) is 28.2 Å². The number of amides is 1. The Balaban J connectivity index is 1.68. The minimum absolute atomic E-state index is 0.149.